The van der Waals surface area contributed by atoms with Gasteiger partial charge in [-0.2, -0.15) is 4.31 Å². The Morgan fingerprint density at radius 2 is 1.79 bits per heavy atom. The van der Waals surface area contributed by atoms with Crippen molar-refractivity contribution in [2.75, 3.05) is 26.2 Å². The van der Waals surface area contributed by atoms with Crippen LogP contribution in [-0.4, -0.2) is 55.7 Å². The highest BCUT2D eigenvalue weighted by Gasteiger charge is 2.32. The van der Waals surface area contributed by atoms with E-state index < -0.39 is 10.0 Å². The molecule has 1 aromatic rings. The van der Waals surface area contributed by atoms with Gasteiger partial charge in [0.1, 0.15) is 0 Å². The van der Waals surface area contributed by atoms with Gasteiger partial charge < -0.3 is 5.73 Å². The van der Waals surface area contributed by atoms with Crippen molar-refractivity contribution in [3.05, 3.63) is 30.3 Å². The lowest BCUT2D eigenvalue weighted by atomic mass is 9.96. The zero-order valence-electron chi connectivity index (χ0n) is 15.9. The van der Waals surface area contributed by atoms with Gasteiger partial charge in [-0.3, -0.25) is 15.0 Å². The second-order valence-electron chi connectivity index (χ2n) is 7.61. The van der Waals surface area contributed by atoms with Gasteiger partial charge >= 0.3 is 0 Å². The summed E-state index contributed by atoms with van der Waals surface area (Å²) in [6.45, 7) is 1.94. The highest BCUT2D eigenvalue weighted by Crippen LogP contribution is 2.25. The first-order valence-electron chi connectivity index (χ1n) is 9.75. The Balaban J connectivity index is 1.55. The van der Waals surface area contributed by atoms with Crippen molar-refractivity contribution in [2.24, 2.45) is 17.6 Å². The summed E-state index contributed by atoms with van der Waals surface area (Å²) in [7, 11) is -3.53. The Bertz CT molecular complexity index is 799. The summed E-state index contributed by atoms with van der Waals surface area (Å²) in [6, 6.07) is 8.39. The summed E-state index contributed by atoms with van der Waals surface area (Å²) >= 11 is 0. The van der Waals surface area contributed by atoms with E-state index in [-0.39, 0.29) is 35.0 Å². The van der Waals surface area contributed by atoms with E-state index in [9.17, 15) is 18.0 Å². The van der Waals surface area contributed by atoms with Gasteiger partial charge in [0, 0.05) is 32.6 Å². The summed E-state index contributed by atoms with van der Waals surface area (Å²) in [6.07, 6.45) is 3.37. The van der Waals surface area contributed by atoms with Gasteiger partial charge in [0.2, 0.25) is 21.8 Å². The molecule has 2 aliphatic rings. The molecular weight excluding hydrogens is 380 g/mol. The number of piperidine rings is 2. The molecule has 8 nitrogen and oxygen atoms in total. The number of carbonyl (C=O) groups excluding carboxylic acids is 2. The first kappa shape index (κ1) is 20.8. The maximum atomic E-state index is 12.8. The Morgan fingerprint density at radius 1 is 1.07 bits per heavy atom. The van der Waals surface area contributed by atoms with E-state index in [2.05, 4.69) is 5.43 Å². The molecule has 2 atom stereocenters. The van der Waals surface area contributed by atoms with Crippen LogP contribution in [0, 0.1) is 11.8 Å². The van der Waals surface area contributed by atoms with E-state index in [1.165, 1.54) is 4.31 Å². The summed E-state index contributed by atoms with van der Waals surface area (Å²) in [5.74, 6) is -0.749. The minimum Gasteiger partial charge on any atom is -0.369 e. The third-order valence-electron chi connectivity index (χ3n) is 5.44. The number of nitrogens with two attached hydrogens (primary N) is 1. The Morgan fingerprint density at radius 3 is 2.50 bits per heavy atom. The van der Waals surface area contributed by atoms with E-state index in [4.69, 9.17) is 5.73 Å². The normalized spacial score (nSPS) is 24.6. The molecule has 2 amide bonds. The van der Waals surface area contributed by atoms with Crippen LogP contribution in [0.25, 0.3) is 0 Å². The molecule has 0 saturated carbocycles. The minimum absolute atomic E-state index is 0.0241. The van der Waals surface area contributed by atoms with Crippen molar-refractivity contribution in [2.45, 2.75) is 37.0 Å². The highest BCUT2D eigenvalue weighted by molar-refractivity contribution is 7.89. The predicted octanol–water partition coefficient (Wildman–Crippen LogP) is 0.706. The van der Waals surface area contributed by atoms with Gasteiger partial charge in [0.15, 0.2) is 0 Å². The molecule has 0 radical (unpaired) electrons. The van der Waals surface area contributed by atoms with Crippen LogP contribution in [0.3, 0.4) is 0 Å². The Kier molecular flexibility index (Phi) is 6.69. The zero-order chi connectivity index (χ0) is 20.1. The molecule has 2 fully saturated rings. The third kappa shape index (κ3) is 5.09. The lowest BCUT2D eigenvalue weighted by molar-refractivity contribution is -0.131. The van der Waals surface area contributed by atoms with Gasteiger partial charge in [0.25, 0.3) is 0 Å². The van der Waals surface area contributed by atoms with Crippen LogP contribution in [0.15, 0.2) is 35.2 Å². The molecule has 2 aliphatic heterocycles. The number of hydrazine groups is 1. The van der Waals surface area contributed by atoms with Crippen LogP contribution in [0.4, 0.5) is 0 Å². The van der Waals surface area contributed by atoms with Crippen LogP contribution < -0.4 is 11.2 Å². The van der Waals surface area contributed by atoms with Crippen molar-refractivity contribution < 1.29 is 18.0 Å². The molecule has 154 valence electrons. The van der Waals surface area contributed by atoms with Crippen molar-refractivity contribution >= 4 is 21.8 Å². The molecule has 9 heteroatoms. The number of rotatable bonds is 6. The average molecular weight is 409 g/mol. The average Bonchev–Trinajstić information content (AvgIpc) is 2.69. The molecule has 0 aromatic heterocycles. The summed E-state index contributed by atoms with van der Waals surface area (Å²) in [5.41, 5.74) is 8.23. The van der Waals surface area contributed by atoms with Crippen LogP contribution >= 0.6 is 0 Å². The van der Waals surface area contributed by atoms with Crippen molar-refractivity contribution in [3.63, 3.8) is 0 Å². The third-order valence-corrected chi connectivity index (χ3v) is 7.32. The van der Waals surface area contributed by atoms with E-state index in [1.807, 2.05) is 0 Å². The lowest BCUT2D eigenvalue weighted by Gasteiger charge is -2.33. The number of hydrogen-bond acceptors (Lipinski definition) is 5. The molecule has 3 N–H and O–H groups in total. The fraction of sp³-hybridized carbons (Fsp3) is 0.579. The van der Waals surface area contributed by atoms with Gasteiger partial charge in [-0.05, 0) is 43.7 Å². The standard InChI is InChI=1S/C19H28N4O4S/c20-19(25)16-7-5-10-22(14-16)21-18(24)12-15-6-4-11-23(13-15)28(26,27)17-8-2-1-3-9-17/h1-3,8-9,15-16H,4-7,10-14H2,(H2,20,25)(H,21,24). The fourth-order valence-electron chi connectivity index (χ4n) is 3.95. The number of nitrogens with zero attached hydrogens (tertiary/aromatic N) is 2. The lowest BCUT2D eigenvalue weighted by Crippen LogP contribution is -2.50. The topological polar surface area (TPSA) is 113 Å². The number of benzene rings is 1. The summed E-state index contributed by atoms with van der Waals surface area (Å²) < 4.78 is 27.1. The van der Waals surface area contributed by atoms with Crippen molar-refractivity contribution in [3.8, 4) is 0 Å². The number of primary amides is 1. The van der Waals surface area contributed by atoms with Gasteiger partial charge in [-0.25, -0.2) is 13.4 Å². The molecule has 0 aliphatic carbocycles. The number of hydrogen-bond donors (Lipinski definition) is 2. The number of nitrogens with one attached hydrogen (secondary N) is 1. The summed E-state index contributed by atoms with van der Waals surface area (Å²) in [5, 5.41) is 1.75. The Hall–Kier alpha value is -1.97. The number of amides is 2. The molecule has 28 heavy (non-hydrogen) atoms. The van der Waals surface area contributed by atoms with Crippen LogP contribution in [-0.2, 0) is 19.6 Å². The molecule has 3 rings (SSSR count). The van der Waals surface area contributed by atoms with Gasteiger partial charge in [-0.1, -0.05) is 18.2 Å². The number of sulfonamides is 1. The maximum absolute atomic E-state index is 12.8. The van der Waals surface area contributed by atoms with Gasteiger partial charge in [-0.15, -0.1) is 0 Å². The first-order valence-corrected chi connectivity index (χ1v) is 11.2. The van der Waals surface area contributed by atoms with Gasteiger partial charge in [0.05, 0.1) is 10.8 Å². The molecule has 2 heterocycles. The molecule has 0 bridgehead atoms. The largest absolute Gasteiger partial charge is 0.369 e. The van der Waals surface area contributed by atoms with E-state index in [1.54, 1.807) is 35.3 Å². The monoisotopic (exact) mass is 408 g/mol. The number of carbonyl (C=O) groups is 2. The fourth-order valence-corrected chi connectivity index (χ4v) is 5.52. The second kappa shape index (κ2) is 9.02. The Labute approximate surface area is 166 Å². The van der Waals surface area contributed by atoms with E-state index >= 15 is 0 Å². The minimum atomic E-state index is -3.53. The molecule has 2 saturated heterocycles. The second-order valence-corrected chi connectivity index (χ2v) is 9.55. The zero-order valence-corrected chi connectivity index (χ0v) is 16.7. The SMILES string of the molecule is NC(=O)C1CCCN(NC(=O)CC2CCCN(S(=O)(=O)c3ccccc3)C2)C1. The van der Waals surface area contributed by atoms with Crippen molar-refractivity contribution in [1.29, 1.82) is 0 Å². The van der Waals surface area contributed by atoms with Crippen LogP contribution in [0.5, 0.6) is 0 Å². The smallest absolute Gasteiger partial charge is 0.243 e. The predicted molar refractivity (Wildman–Crippen MR) is 104 cm³/mol. The first-order chi connectivity index (χ1) is 13.4. The summed E-state index contributed by atoms with van der Waals surface area (Å²) in [4.78, 5) is 24.1. The van der Waals surface area contributed by atoms with Crippen LogP contribution in [0.2, 0.25) is 0 Å². The van der Waals surface area contributed by atoms with Crippen molar-refractivity contribution in [1.82, 2.24) is 14.7 Å². The maximum Gasteiger partial charge on any atom is 0.243 e. The van der Waals surface area contributed by atoms with Crippen LogP contribution in [0.1, 0.15) is 32.1 Å². The molecule has 1 aromatic carbocycles. The van der Waals surface area contributed by atoms with E-state index in [0.717, 1.165) is 25.7 Å². The van der Waals surface area contributed by atoms with E-state index in [0.29, 0.717) is 26.2 Å². The highest BCUT2D eigenvalue weighted by atomic mass is 32.2. The molecule has 2 unspecified atom stereocenters. The molecular formula is C19H28N4O4S. The quantitative estimate of drug-likeness (QED) is 0.720. The molecule has 0 spiro atoms.